The van der Waals surface area contributed by atoms with E-state index >= 15 is 0 Å². The number of fused-ring (bicyclic) bond motifs is 1. The molecule has 0 saturated carbocycles. The van der Waals surface area contributed by atoms with Gasteiger partial charge in [0.2, 0.25) is 5.91 Å². The first-order chi connectivity index (χ1) is 11.0. The van der Waals surface area contributed by atoms with Crippen LogP contribution in [0.1, 0.15) is 27.7 Å². The van der Waals surface area contributed by atoms with E-state index in [1.807, 2.05) is 0 Å². The molecular weight excluding hydrogens is 334 g/mol. The topological polar surface area (TPSA) is 96.9 Å². The van der Waals surface area contributed by atoms with E-state index in [-0.39, 0.29) is 29.6 Å². The van der Waals surface area contributed by atoms with Gasteiger partial charge in [0.1, 0.15) is 0 Å². The fraction of sp³-hybridized carbons (Fsp3) is 0.533. The molecule has 1 aliphatic rings. The number of nitrogens with zero attached hydrogens (tertiary/aromatic N) is 3. The molecule has 132 valence electrons. The molecule has 2 heterocycles. The molecule has 0 fully saturated rings. The van der Waals surface area contributed by atoms with E-state index in [4.69, 9.17) is 4.74 Å². The van der Waals surface area contributed by atoms with Gasteiger partial charge in [0.25, 0.3) is 0 Å². The lowest BCUT2D eigenvalue weighted by Crippen LogP contribution is -2.52. The minimum Gasteiger partial charge on any atom is -0.446 e. The summed E-state index contributed by atoms with van der Waals surface area (Å²) in [4.78, 5) is 31.1. The molecule has 8 nitrogen and oxygen atoms in total. The number of ether oxygens (including phenoxy) is 1. The van der Waals surface area contributed by atoms with Crippen LogP contribution in [0.4, 0.5) is 16.2 Å². The quantitative estimate of drug-likeness (QED) is 0.799. The fourth-order valence-electron chi connectivity index (χ4n) is 2.62. The SMILES string of the molecule is CC(=O)N1c2cnc(S(C)(=O)=O)cc2N(C(=O)OC(C)C)C[C@@H]1C. The van der Waals surface area contributed by atoms with Gasteiger partial charge in [0.15, 0.2) is 14.9 Å². The maximum Gasteiger partial charge on any atom is 0.414 e. The number of hydrogen-bond donors (Lipinski definition) is 0. The number of anilines is 2. The Hall–Kier alpha value is -2.16. The second-order valence-electron chi connectivity index (χ2n) is 6.06. The Labute approximate surface area is 141 Å². The van der Waals surface area contributed by atoms with Crippen LogP contribution in [-0.2, 0) is 19.4 Å². The van der Waals surface area contributed by atoms with Crippen LogP contribution in [-0.4, -0.2) is 50.3 Å². The number of amides is 2. The molecule has 0 saturated heterocycles. The monoisotopic (exact) mass is 355 g/mol. The van der Waals surface area contributed by atoms with Crippen molar-refractivity contribution in [2.45, 2.75) is 44.9 Å². The highest BCUT2D eigenvalue weighted by Gasteiger charge is 2.35. The molecule has 0 aliphatic carbocycles. The standard InChI is InChI=1S/C15H21N3O5S/c1-9(2)23-15(20)17-8-10(3)18(11(4)19)13-7-16-14(6-12(13)17)24(5,21)22/h6-7,9-10H,8H2,1-5H3/t10-/m0/s1. The van der Waals surface area contributed by atoms with Gasteiger partial charge in [-0.2, -0.15) is 0 Å². The van der Waals surface area contributed by atoms with Crippen LogP contribution in [0.25, 0.3) is 0 Å². The molecule has 0 unspecified atom stereocenters. The van der Waals surface area contributed by atoms with Crippen LogP contribution in [0.2, 0.25) is 0 Å². The summed E-state index contributed by atoms with van der Waals surface area (Å²) in [6, 6.07) is 1.01. The predicted octanol–water partition coefficient (Wildman–Crippen LogP) is 1.59. The fourth-order valence-corrected chi connectivity index (χ4v) is 3.19. The Morgan fingerprint density at radius 2 is 1.96 bits per heavy atom. The molecule has 2 rings (SSSR count). The third-order valence-electron chi connectivity index (χ3n) is 3.55. The zero-order chi connectivity index (χ0) is 18.2. The predicted molar refractivity (Wildman–Crippen MR) is 88.9 cm³/mol. The lowest BCUT2D eigenvalue weighted by Gasteiger charge is -2.40. The molecule has 9 heteroatoms. The van der Waals surface area contributed by atoms with Gasteiger partial charge in [0.05, 0.1) is 29.7 Å². The van der Waals surface area contributed by atoms with Crippen LogP contribution in [0, 0.1) is 0 Å². The summed E-state index contributed by atoms with van der Waals surface area (Å²) >= 11 is 0. The van der Waals surface area contributed by atoms with E-state index in [0.29, 0.717) is 11.4 Å². The Morgan fingerprint density at radius 1 is 1.33 bits per heavy atom. The Bertz CT molecular complexity index is 775. The number of aromatic nitrogens is 1. The van der Waals surface area contributed by atoms with Gasteiger partial charge < -0.3 is 9.64 Å². The van der Waals surface area contributed by atoms with Crippen molar-refractivity contribution in [1.82, 2.24) is 4.98 Å². The maximum atomic E-state index is 12.4. The molecule has 0 spiro atoms. The van der Waals surface area contributed by atoms with E-state index in [2.05, 4.69) is 4.98 Å². The molecule has 1 aliphatic heterocycles. The largest absolute Gasteiger partial charge is 0.446 e. The molecule has 24 heavy (non-hydrogen) atoms. The van der Waals surface area contributed by atoms with Crippen molar-refractivity contribution in [3.63, 3.8) is 0 Å². The first-order valence-electron chi connectivity index (χ1n) is 7.50. The van der Waals surface area contributed by atoms with Gasteiger partial charge in [-0.25, -0.2) is 18.2 Å². The summed E-state index contributed by atoms with van der Waals surface area (Å²) in [7, 11) is -3.55. The van der Waals surface area contributed by atoms with Crippen molar-refractivity contribution in [3.8, 4) is 0 Å². The molecular formula is C15H21N3O5S. The van der Waals surface area contributed by atoms with E-state index in [1.54, 1.807) is 20.8 Å². The van der Waals surface area contributed by atoms with Crippen molar-refractivity contribution in [2.24, 2.45) is 0 Å². The van der Waals surface area contributed by atoms with E-state index in [1.165, 1.54) is 29.0 Å². The smallest absolute Gasteiger partial charge is 0.414 e. The second kappa shape index (κ2) is 6.39. The van der Waals surface area contributed by atoms with E-state index in [0.717, 1.165) is 6.26 Å². The van der Waals surface area contributed by atoms with Crippen molar-refractivity contribution >= 4 is 33.2 Å². The van der Waals surface area contributed by atoms with E-state index in [9.17, 15) is 18.0 Å². The van der Waals surface area contributed by atoms with Crippen LogP contribution in [0.5, 0.6) is 0 Å². The molecule has 0 bridgehead atoms. The van der Waals surface area contributed by atoms with Crippen LogP contribution in [0.3, 0.4) is 0 Å². The molecule has 0 aromatic carbocycles. The summed E-state index contributed by atoms with van der Waals surface area (Å²) in [6.45, 7) is 6.85. The minimum absolute atomic E-state index is 0.165. The van der Waals surface area contributed by atoms with Crippen LogP contribution < -0.4 is 9.80 Å². The lowest BCUT2D eigenvalue weighted by atomic mass is 10.1. The number of carbonyl (C=O) groups excluding carboxylic acids is 2. The molecule has 0 radical (unpaired) electrons. The number of carbonyl (C=O) groups is 2. The molecule has 2 amide bonds. The second-order valence-corrected chi connectivity index (χ2v) is 8.03. The van der Waals surface area contributed by atoms with Gasteiger partial charge in [-0.3, -0.25) is 9.69 Å². The van der Waals surface area contributed by atoms with Crippen molar-refractivity contribution in [1.29, 1.82) is 0 Å². The van der Waals surface area contributed by atoms with Crippen LogP contribution in [0.15, 0.2) is 17.3 Å². The normalized spacial score (nSPS) is 17.7. The Balaban J connectivity index is 2.60. The molecule has 1 aromatic heterocycles. The summed E-state index contributed by atoms with van der Waals surface area (Å²) < 4.78 is 28.8. The third-order valence-corrected chi connectivity index (χ3v) is 4.53. The zero-order valence-corrected chi connectivity index (χ0v) is 15.1. The summed E-state index contributed by atoms with van der Waals surface area (Å²) in [5.74, 6) is -0.213. The highest BCUT2D eigenvalue weighted by Crippen LogP contribution is 2.36. The Morgan fingerprint density at radius 3 is 2.46 bits per heavy atom. The first-order valence-corrected chi connectivity index (χ1v) is 9.39. The van der Waals surface area contributed by atoms with Crippen molar-refractivity contribution < 1.29 is 22.7 Å². The number of hydrogen-bond acceptors (Lipinski definition) is 6. The lowest BCUT2D eigenvalue weighted by molar-refractivity contribution is -0.117. The average molecular weight is 355 g/mol. The van der Waals surface area contributed by atoms with Crippen molar-refractivity contribution in [3.05, 3.63) is 12.3 Å². The maximum absolute atomic E-state index is 12.4. The van der Waals surface area contributed by atoms with Gasteiger partial charge in [0, 0.05) is 25.8 Å². The molecule has 0 N–H and O–H groups in total. The number of pyridine rings is 1. The van der Waals surface area contributed by atoms with Crippen molar-refractivity contribution in [2.75, 3.05) is 22.6 Å². The van der Waals surface area contributed by atoms with Gasteiger partial charge in [-0.05, 0) is 20.8 Å². The first kappa shape index (κ1) is 18.2. The average Bonchev–Trinajstić information content (AvgIpc) is 2.43. The molecule has 1 aromatic rings. The number of rotatable bonds is 2. The highest BCUT2D eigenvalue weighted by molar-refractivity contribution is 7.90. The number of sulfone groups is 1. The summed E-state index contributed by atoms with van der Waals surface area (Å²) in [6.07, 6.45) is 1.43. The van der Waals surface area contributed by atoms with E-state index < -0.39 is 15.9 Å². The van der Waals surface area contributed by atoms with Gasteiger partial charge >= 0.3 is 6.09 Å². The zero-order valence-electron chi connectivity index (χ0n) is 14.3. The minimum atomic E-state index is -3.55. The van der Waals surface area contributed by atoms with Crippen LogP contribution >= 0.6 is 0 Å². The summed E-state index contributed by atoms with van der Waals surface area (Å²) in [5, 5.41) is -0.165. The third kappa shape index (κ3) is 3.50. The van der Waals surface area contributed by atoms with Gasteiger partial charge in [-0.15, -0.1) is 0 Å². The molecule has 1 atom stereocenters. The van der Waals surface area contributed by atoms with Gasteiger partial charge in [-0.1, -0.05) is 0 Å². The highest BCUT2D eigenvalue weighted by atomic mass is 32.2. The summed E-state index contributed by atoms with van der Waals surface area (Å²) in [5.41, 5.74) is 0.679. The Kier molecular flexibility index (Phi) is 4.84.